The van der Waals surface area contributed by atoms with Gasteiger partial charge in [-0.05, 0) is 19.1 Å². The van der Waals surface area contributed by atoms with Crippen LogP contribution in [-0.4, -0.2) is 27.1 Å². The van der Waals surface area contributed by atoms with Crippen LogP contribution in [0.4, 0.5) is 0 Å². The van der Waals surface area contributed by atoms with Gasteiger partial charge >= 0.3 is 0 Å². The standard InChI is InChI=1S/C14H17N3O2/c1-11(16-18)12-4-3-5-13(10-12)19-9-6-14-15-7-8-17(14)2/h3-5,7-8,10,18H,6,9H2,1-2H3/b16-11-. The van der Waals surface area contributed by atoms with Gasteiger partial charge in [0.15, 0.2) is 0 Å². The van der Waals surface area contributed by atoms with Crippen LogP contribution in [0.15, 0.2) is 41.8 Å². The molecule has 1 aromatic carbocycles. The maximum atomic E-state index is 8.75. The van der Waals surface area contributed by atoms with Crippen LogP contribution in [0.3, 0.4) is 0 Å². The van der Waals surface area contributed by atoms with Gasteiger partial charge in [-0.2, -0.15) is 0 Å². The van der Waals surface area contributed by atoms with Crippen LogP contribution in [0.25, 0.3) is 0 Å². The second kappa shape index (κ2) is 6.04. The smallest absolute Gasteiger partial charge is 0.119 e. The van der Waals surface area contributed by atoms with Crippen molar-refractivity contribution in [3.8, 4) is 5.75 Å². The molecular weight excluding hydrogens is 242 g/mol. The van der Waals surface area contributed by atoms with Crippen LogP contribution < -0.4 is 4.74 Å². The van der Waals surface area contributed by atoms with Gasteiger partial charge in [0.25, 0.3) is 0 Å². The van der Waals surface area contributed by atoms with E-state index in [4.69, 9.17) is 9.94 Å². The lowest BCUT2D eigenvalue weighted by Gasteiger charge is -2.07. The lowest BCUT2D eigenvalue weighted by atomic mass is 10.1. The Morgan fingerprint density at radius 2 is 2.32 bits per heavy atom. The summed E-state index contributed by atoms with van der Waals surface area (Å²) < 4.78 is 7.65. The van der Waals surface area contributed by atoms with E-state index in [0.29, 0.717) is 12.3 Å². The molecule has 2 aromatic rings. The second-order valence-corrected chi connectivity index (χ2v) is 4.27. The summed E-state index contributed by atoms with van der Waals surface area (Å²) in [6, 6.07) is 7.49. The molecule has 0 spiro atoms. The maximum Gasteiger partial charge on any atom is 0.119 e. The first kappa shape index (κ1) is 13.1. The van der Waals surface area contributed by atoms with Crippen molar-refractivity contribution in [2.24, 2.45) is 12.2 Å². The summed E-state index contributed by atoms with van der Waals surface area (Å²) >= 11 is 0. The zero-order valence-electron chi connectivity index (χ0n) is 11.1. The second-order valence-electron chi connectivity index (χ2n) is 4.27. The lowest BCUT2D eigenvalue weighted by molar-refractivity contribution is 0.316. The molecule has 1 aromatic heterocycles. The molecule has 1 N–H and O–H groups in total. The van der Waals surface area contributed by atoms with Crippen molar-refractivity contribution in [3.05, 3.63) is 48.0 Å². The van der Waals surface area contributed by atoms with Gasteiger partial charge in [0.05, 0.1) is 12.3 Å². The molecule has 0 fully saturated rings. The Morgan fingerprint density at radius 3 is 3.00 bits per heavy atom. The average molecular weight is 259 g/mol. The van der Waals surface area contributed by atoms with Gasteiger partial charge in [-0.1, -0.05) is 17.3 Å². The van der Waals surface area contributed by atoms with Crippen molar-refractivity contribution < 1.29 is 9.94 Å². The van der Waals surface area contributed by atoms with E-state index in [-0.39, 0.29) is 0 Å². The van der Waals surface area contributed by atoms with Crippen molar-refractivity contribution in [2.45, 2.75) is 13.3 Å². The highest BCUT2D eigenvalue weighted by atomic mass is 16.5. The molecule has 0 amide bonds. The molecule has 0 atom stereocenters. The number of benzene rings is 1. The summed E-state index contributed by atoms with van der Waals surface area (Å²) in [5, 5.41) is 11.9. The highest BCUT2D eigenvalue weighted by molar-refractivity contribution is 5.98. The van der Waals surface area contributed by atoms with E-state index in [1.54, 1.807) is 13.1 Å². The minimum atomic E-state index is 0.559. The van der Waals surface area contributed by atoms with Gasteiger partial charge in [-0.3, -0.25) is 0 Å². The number of ether oxygens (including phenoxy) is 1. The maximum absolute atomic E-state index is 8.75. The number of aryl methyl sites for hydroxylation is 1. The highest BCUT2D eigenvalue weighted by Crippen LogP contribution is 2.14. The lowest BCUT2D eigenvalue weighted by Crippen LogP contribution is -2.06. The van der Waals surface area contributed by atoms with Crippen molar-refractivity contribution in [2.75, 3.05) is 6.61 Å². The van der Waals surface area contributed by atoms with Gasteiger partial charge in [0.2, 0.25) is 0 Å². The molecule has 1 heterocycles. The van der Waals surface area contributed by atoms with E-state index in [1.165, 1.54) is 0 Å². The predicted molar refractivity (Wildman–Crippen MR) is 72.8 cm³/mol. The molecule has 0 bridgehead atoms. The third-order valence-electron chi connectivity index (χ3n) is 2.92. The van der Waals surface area contributed by atoms with Crippen LogP contribution in [-0.2, 0) is 13.5 Å². The summed E-state index contributed by atoms with van der Waals surface area (Å²) in [6.45, 7) is 2.30. The van der Waals surface area contributed by atoms with Crippen molar-refractivity contribution in [1.82, 2.24) is 9.55 Å². The monoisotopic (exact) mass is 259 g/mol. The Kier molecular flexibility index (Phi) is 4.18. The van der Waals surface area contributed by atoms with Gasteiger partial charge < -0.3 is 14.5 Å². The average Bonchev–Trinajstić information content (AvgIpc) is 2.84. The summed E-state index contributed by atoms with van der Waals surface area (Å²) in [4.78, 5) is 4.24. The van der Waals surface area contributed by atoms with Crippen LogP contribution in [0.2, 0.25) is 0 Å². The molecule has 0 saturated heterocycles. The summed E-state index contributed by atoms with van der Waals surface area (Å²) in [6.07, 6.45) is 4.44. The third-order valence-corrected chi connectivity index (χ3v) is 2.92. The van der Waals surface area contributed by atoms with Crippen LogP contribution in [0.1, 0.15) is 18.3 Å². The Morgan fingerprint density at radius 1 is 1.47 bits per heavy atom. The quantitative estimate of drug-likeness (QED) is 0.509. The Balaban J connectivity index is 1.95. The molecule has 0 aliphatic rings. The first-order valence-corrected chi connectivity index (χ1v) is 6.09. The van der Waals surface area contributed by atoms with Gasteiger partial charge in [0.1, 0.15) is 11.6 Å². The molecule has 0 aliphatic carbocycles. The number of oxime groups is 1. The summed E-state index contributed by atoms with van der Waals surface area (Å²) in [5.74, 6) is 1.75. The molecule has 0 saturated carbocycles. The highest BCUT2D eigenvalue weighted by Gasteiger charge is 2.02. The molecule has 0 aliphatic heterocycles. The topological polar surface area (TPSA) is 59.6 Å². The first-order chi connectivity index (χ1) is 9.20. The van der Waals surface area contributed by atoms with Crippen LogP contribution in [0.5, 0.6) is 5.75 Å². The zero-order valence-corrected chi connectivity index (χ0v) is 11.1. The van der Waals surface area contributed by atoms with E-state index < -0.39 is 0 Å². The van der Waals surface area contributed by atoms with Gasteiger partial charge in [-0.15, -0.1) is 0 Å². The Hall–Kier alpha value is -2.30. The number of hydrogen-bond donors (Lipinski definition) is 1. The molecule has 5 nitrogen and oxygen atoms in total. The molecule has 0 radical (unpaired) electrons. The third kappa shape index (κ3) is 3.34. The van der Waals surface area contributed by atoms with E-state index in [2.05, 4.69) is 10.1 Å². The van der Waals surface area contributed by atoms with E-state index >= 15 is 0 Å². The van der Waals surface area contributed by atoms with Gasteiger partial charge in [-0.25, -0.2) is 4.98 Å². The Bertz CT molecular complexity index is 576. The number of aromatic nitrogens is 2. The molecule has 5 heteroatoms. The number of imidazole rings is 1. The summed E-state index contributed by atoms with van der Waals surface area (Å²) in [5.41, 5.74) is 1.41. The normalized spacial score (nSPS) is 11.6. The van der Waals surface area contributed by atoms with Crippen molar-refractivity contribution in [3.63, 3.8) is 0 Å². The SMILES string of the molecule is C/C(=N/O)c1cccc(OCCc2nccn2C)c1. The zero-order chi connectivity index (χ0) is 13.7. The number of hydrogen-bond acceptors (Lipinski definition) is 4. The fraction of sp³-hybridized carbons (Fsp3) is 0.286. The fourth-order valence-electron chi connectivity index (χ4n) is 1.77. The minimum Gasteiger partial charge on any atom is -0.493 e. The number of nitrogens with zero attached hydrogens (tertiary/aromatic N) is 3. The predicted octanol–water partition coefficient (Wildman–Crippen LogP) is 2.24. The van der Waals surface area contributed by atoms with Crippen LogP contribution >= 0.6 is 0 Å². The largest absolute Gasteiger partial charge is 0.493 e. The minimum absolute atomic E-state index is 0.559. The fourth-order valence-corrected chi connectivity index (χ4v) is 1.77. The summed E-state index contributed by atoms with van der Waals surface area (Å²) in [7, 11) is 1.96. The van der Waals surface area contributed by atoms with Gasteiger partial charge in [0, 0.05) is 31.4 Å². The number of rotatable bonds is 5. The molecule has 0 unspecified atom stereocenters. The van der Waals surface area contributed by atoms with E-state index in [9.17, 15) is 0 Å². The van der Waals surface area contributed by atoms with Crippen molar-refractivity contribution in [1.29, 1.82) is 0 Å². The molecular formula is C14H17N3O2. The van der Waals surface area contributed by atoms with Crippen molar-refractivity contribution >= 4 is 5.71 Å². The Labute approximate surface area is 112 Å². The van der Waals surface area contributed by atoms with Crippen LogP contribution in [0, 0.1) is 0 Å². The first-order valence-electron chi connectivity index (χ1n) is 6.09. The molecule has 100 valence electrons. The molecule has 2 rings (SSSR count). The van der Waals surface area contributed by atoms with E-state index in [1.807, 2.05) is 42.1 Å². The van der Waals surface area contributed by atoms with E-state index in [0.717, 1.165) is 23.6 Å². The molecule has 19 heavy (non-hydrogen) atoms.